The number of imidazole rings is 1. The van der Waals surface area contributed by atoms with E-state index in [-0.39, 0.29) is 11.9 Å². The number of H-pyrrole nitrogens is 1. The Morgan fingerprint density at radius 1 is 1.57 bits per heavy atom. The van der Waals surface area contributed by atoms with Crippen LogP contribution in [-0.2, 0) is 17.6 Å². The highest BCUT2D eigenvalue weighted by molar-refractivity contribution is 7.71. The van der Waals surface area contributed by atoms with Crippen molar-refractivity contribution in [3.8, 4) is 5.75 Å². The minimum atomic E-state index is -0.0867. The first-order chi connectivity index (χ1) is 11.1. The van der Waals surface area contributed by atoms with Crippen molar-refractivity contribution in [2.75, 3.05) is 18.5 Å². The maximum atomic E-state index is 11.2. The number of amides is 1. The normalized spacial score (nSPS) is 16.5. The molecule has 0 aliphatic carbocycles. The average molecular weight is 332 g/mol. The van der Waals surface area contributed by atoms with Crippen molar-refractivity contribution in [3.63, 3.8) is 0 Å². The standard InChI is InChI=1S/C16H20N4O2S/c1-10(21)19-12-2-3-15-11(6-12)7-14(9-22-15)20-13(4-5-17)8-18-16(20)23/h2-3,6,8,14H,4-5,7,9,17H2,1H3,(H,18,23)(H,19,21)/t14-/m1/s1. The molecule has 23 heavy (non-hydrogen) atoms. The molecular weight excluding hydrogens is 312 g/mol. The smallest absolute Gasteiger partial charge is 0.221 e. The third kappa shape index (κ3) is 3.30. The average Bonchev–Trinajstić information content (AvgIpc) is 2.87. The second kappa shape index (κ2) is 6.55. The molecule has 2 heterocycles. The van der Waals surface area contributed by atoms with Gasteiger partial charge < -0.3 is 25.3 Å². The summed E-state index contributed by atoms with van der Waals surface area (Å²) in [7, 11) is 0. The van der Waals surface area contributed by atoms with E-state index in [1.165, 1.54) is 6.92 Å². The molecule has 0 saturated heterocycles. The molecule has 0 fully saturated rings. The van der Waals surface area contributed by atoms with Crippen LogP contribution in [0.15, 0.2) is 24.4 Å². The van der Waals surface area contributed by atoms with E-state index < -0.39 is 0 Å². The summed E-state index contributed by atoms with van der Waals surface area (Å²) in [6.07, 6.45) is 3.48. The van der Waals surface area contributed by atoms with E-state index in [0.717, 1.165) is 35.5 Å². The summed E-state index contributed by atoms with van der Waals surface area (Å²) in [5.74, 6) is 0.772. The number of nitrogens with two attached hydrogens (primary N) is 1. The van der Waals surface area contributed by atoms with Gasteiger partial charge in [0.2, 0.25) is 5.91 Å². The predicted octanol–water partition coefficient (Wildman–Crippen LogP) is 2.18. The summed E-state index contributed by atoms with van der Waals surface area (Å²) in [5, 5.41) is 2.80. The van der Waals surface area contributed by atoms with Gasteiger partial charge >= 0.3 is 0 Å². The molecule has 4 N–H and O–H groups in total. The Labute approximate surface area is 139 Å². The van der Waals surface area contributed by atoms with Crippen molar-refractivity contribution in [1.29, 1.82) is 0 Å². The summed E-state index contributed by atoms with van der Waals surface area (Å²) >= 11 is 5.40. The number of hydrogen-bond donors (Lipinski definition) is 3. The van der Waals surface area contributed by atoms with E-state index in [9.17, 15) is 4.79 Å². The summed E-state index contributed by atoms with van der Waals surface area (Å²) < 4.78 is 8.66. The van der Waals surface area contributed by atoms with Gasteiger partial charge in [0.05, 0.1) is 6.04 Å². The third-order valence-corrected chi connectivity index (χ3v) is 4.24. The second-order valence-corrected chi connectivity index (χ2v) is 6.05. The van der Waals surface area contributed by atoms with E-state index in [1.807, 2.05) is 24.4 Å². The molecule has 0 bridgehead atoms. The number of rotatable bonds is 4. The van der Waals surface area contributed by atoms with Gasteiger partial charge in [0.25, 0.3) is 0 Å². The Balaban J connectivity index is 1.89. The second-order valence-electron chi connectivity index (χ2n) is 5.67. The van der Waals surface area contributed by atoms with Gasteiger partial charge in [0, 0.05) is 37.3 Å². The highest BCUT2D eigenvalue weighted by Crippen LogP contribution is 2.32. The lowest BCUT2D eigenvalue weighted by atomic mass is 10.0. The van der Waals surface area contributed by atoms with Crippen LogP contribution < -0.4 is 15.8 Å². The van der Waals surface area contributed by atoms with Crippen molar-refractivity contribution >= 4 is 23.8 Å². The first kappa shape index (κ1) is 15.8. The van der Waals surface area contributed by atoms with Crippen LogP contribution in [0.25, 0.3) is 0 Å². The molecule has 1 aromatic carbocycles. The molecule has 2 aromatic rings. The van der Waals surface area contributed by atoms with Crippen LogP contribution >= 0.6 is 12.2 Å². The third-order valence-electron chi connectivity index (χ3n) is 3.92. The largest absolute Gasteiger partial charge is 0.491 e. The number of carbonyl (C=O) groups is 1. The molecule has 1 aliphatic rings. The molecule has 7 heteroatoms. The number of carbonyl (C=O) groups excluding carboxylic acids is 1. The van der Waals surface area contributed by atoms with Crippen LogP contribution in [0, 0.1) is 4.77 Å². The van der Waals surface area contributed by atoms with Gasteiger partial charge in [-0.15, -0.1) is 0 Å². The zero-order chi connectivity index (χ0) is 16.4. The predicted molar refractivity (Wildman–Crippen MR) is 91.4 cm³/mol. The highest BCUT2D eigenvalue weighted by Gasteiger charge is 2.24. The monoisotopic (exact) mass is 332 g/mol. The van der Waals surface area contributed by atoms with Crippen molar-refractivity contribution in [2.24, 2.45) is 5.73 Å². The molecule has 122 valence electrons. The number of anilines is 1. The molecule has 0 saturated carbocycles. The molecule has 0 unspecified atom stereocenters. The van der Waals surface area contributed by atoms with Gasteiger partial charge in [-0.05, 0) is 42.5 Å². The summed E-state index contributed by atoms with van der Waals surface area (Å²) in [6, 6.07) is 5.83. The number of nitrogens with zero attached hydrogens (tertiary/aromatic N) is 1. The van der Waals surface area contributed by atoms with E-state index >= 15 is 0 Å². The Morgan fingerprint density at radius 3 is 3.13 bits per heavy atom. The van der Waals surface area contributed by atoms with E-state index in [2.05, 4.69) is 14.9 Å². The van der Waals surface area contributed by atoms with Crippen LogP contribution in [0.5, 0.6) is 5.75 Å². The lowest BCUT2D eigenvalue weighted by Crippen LogP contribution is -2.26. The fraction of sp³-hybridized carbons (Fsp3) is 0.375. The van der Waals surface area contributed by atoms with Crippen molar-refractivity contribution in [2.45, 2.75) is 25.8 Å². The Morgan fingerprint density at radius 2 is 2.39 bits per heavy atom. The lowest BCUT2D eigenvalue weighted by molar-refractivity contribution is -0.114. The number of aromatic nitrogens is 2. The Hall–Kier alpha value is -2.12. The Kier molecular flexibility index (Phi) is 4.49. The Bertz CT molecular complexity index is 781. The lowest BCUT2D eigenvalue weighted by Gasteiger charge is -2.28. The number of nitrogens with one attached hydrogen (secondary N) is 2. The topological polar surface area (TPSA) is 85.1 Å². The number of benzene rings is 1. The van der Waals surface area contributed by atoms with Crippen LogP contribution in [-0.4, -0.2) is 28.6 Å². The first-order valence-electron chi connectivity index (χ1n) is 7.60. The van der Waals surface area contributed by atoms with Gasteiger partial charge in [-0.3, -0.25) is 4.79 Å². The molecule has 6 nitrogen and oxygen atoms in total. The van der Waals surface area contributed by atoms with Gasteiger partial charge in [-0.2, -0.15) is 0 Å². The summed E-state index contributed by atoms with van der Waals surface area (Å²) in [4.78, 5) is 14.3. The van der Waals surface area contributed by atoms with Gasteiger partial charge in [-0.1, -0.05) is 0 Å². The fourth-order valence-electron chi connectivity index (χ4n) is 2.98. The van der Waals surface area contributed by atoms with E-state index in [4.69, 9.17) is 22.7 Å². The first-order valence-corrected chi connectivity index (χ1v) is 8.01. The van der Waals surface area contributed by atoms with Gasteiger partial charge in [-0.25, -0.2) is 0 Å². The fourth-order valence-corrected chi connectivity index (χ4v) is 3.31. The molecule has 0 radical (unpaired) electrons. The van der Waals surface area contributed by atoms with Crippen LogP contribution in [0.3, 0.4) is 0 Å². The summed E-state index contributed by atoms with van der Waals surface area (Å²) in [5.41, 5.74) is 8.61. The quantitative estimate of drug-likeness (QED) is 0.749. The van der Waals surface area contributed by atoms with Crippen LogP contribution in [0.1, 0.15) is 24.2 Å². The van der Waals surface area contributed by atoms with Crippen LogP contribution in [0.2, 0.25) is 0 Å². The SMILES string of the molecule is CC(=O)Nc1ccc2c(c1)C[C@@H](n1c(CCN)c[nH]c1=S)CO2. The minimum absolute atomic E-state index is 0.0867. The van der Waals surface area contributed by atoms with Crippen molar-refractivity contribution in [1.82, 2.24) is 9.55 Å². The van der Waals surface area contributed by atoms with E-state index in [0.29, 0.717) is 17.9 Å². The number of aromatic amines is 1. The maximum Gasteiger partial charge on any atom is 0.221 e. The zero-order valence-electron chi connectivity index (χ0n) is 13.0. The van der Waals surface area contributed by atoms with Gasteiger partial charge in [0.1, 0.15) is 12.4 Å². The number of fused-ring (bicyclic) bond motifs is 1. The number of ether oxygens (including phenoxy) is 1. The molecule has 1 amide bonds. The van der Waals surface area contributed by atoms with Crippen molar-refractivity contribution < 1.29 is 9.53 Å². The molecule has 1 atom stereocenters. The maximum absolute atomic E-state index is 11.2. The molecule has 0 spiro atoms. The zero-order valence-corrected chi connectivity index (χ0v) is 13.8. The van der Waals surface area contributed by atoms with Crippen LogP contribution in [0.4, 0.5) is 5.69 Å². The molecule has 1 aliphatic heterocycles. The highest BCUT2D eigenvalue weighted by atomic mass is 32.1. The van der Waals surface area contributed by atoms with Crippen molar-refractivity contribution in [3.05, 3.63) is 40.4 Å². The number of hydrogen-bond acceptors (Lipinski definition) is 4. The molecule has 1 aromatic heterocycles. The van der Waals surface area contributed by atoms with Gasteiger partial charge in [0.15, 0.2) is 4.77 Å². The summed E-state index contributed by atoms with van der Waals surface area (Å²) in [6.45, 7) is 2.64. The molecule has 3 rings (SSSR count). The molecular formula is C16H20N4O2S. The van der Waals surface area contributed by atoms with E-state index in [1.54, 1.807) is 0 Å². The minimum Gasteiger partial charge on any atom is -0.491 e.